The highest BCUT2D eigenvalue weighted by atomic mass is 32.2. The quantitative estimate of drug-likeness (QED) is 0.260. The van der Waals surface area contributed by atoms with Crippen LogP contribution in [0, 0.1) is 17.5 Å². The number of ketones is 1. The van der Waals surface area contributed by atoms with Crippen molar-refractivity contribution in [1.29, 1.82) is 0 Å². The summed E-state index contributed by atoms with van der Waals surface area (Å²) in [5.41, 5.74) is -0.893. The van der Waals surface area contributed by atoms with Crippen LogP contribution >= 0.6 is 23.7 Å². The van der Waals surface area contributed by atoms with E-state index in [1.165, 1.54) is 42.2 Å². The lowest BCUT2D eigenvalue weighted by Crippen LogP contribution is -2.29. The summed E-state index contributed by atoms with van der Waals surface area (Å²) in [5, 5.41) is 0.472. The van der Waals surface area contributed by atoms with Crippen LogP contribution < -0.4 is 4.72 Å². The van der Waals surface area contributed by atoms with Gasteiger partial charge in [-0.3, -0.25) is 4.79 Å². The van der Waals surface area contributed by atoms with Gasteiger partial charge in [-0.1, -0.05) is 30.0 Å². The number of thioether (sulfide) groups is 1. The fraction of sp³-hybridized carbons (Fsp3) is 0.174. The molecule has 2 heterocycles. The molecule has 0 saturated carbocycles. The molecule has 10 heteroatoms. The molecule has 0 aliphatic carbocycles. The Kier molecular flexibility index (Phi) is 6.40. The van der Waals surface area contributed by atoms with E-state index in [0.717, 1.165) is 12.1 Å². The maximum Gasteiger partial charge on any atom is 0.210 e. The first-order valence-corrected chi connectivity index (χ1v) is 11.8. The maximum atomic E-state index is 15.5. The molecule has 0 saturated heterocycles. The molecule has 0 bridgehead atoms. The number of nitrogens with zero attached hydrogens (tertiary/aromatic N) is 2. The summed E-state index contributed by atoms with van der Waals surface area (Å²) in [4.78, 5) is 21.4. The summed E-state index contributed by atoms with van der Waals surface area (Å²) in [6.45, 7) is 3.19. The molecule has 170 valence electrons. The number of hydrogen-bond acceptors (Lipinski definition) is 7. The number of halogens is 3. The third kappa shape index (κ3) is 4.45. The van der Waals surface area contributed by atoms with Gasteiger partial charge in [0.05, 0.1) is 16.2 Å². The molecule has 1 aliphatic rings. The van der Waals surface area contributed by atoms with Crippen LogP contribution in [-0.4, -0.2) is 27.6 Å². The fourth-order valence-electron chi connectivity index (χ4n) is 3.24. The third-order valence-electron chi connectivity index (χ3n) is 4.86. The van der Waals surface area contributed by atoms with E-state index in [1.807, 2.05) is 6.26 Å². The lowest BCUT2D eigenvalue weighted by Gasteiger charge is -2.17. The highest BCUT2D eigenvalue weighted by Crippen LogP contribution is 2.42. The first-order chi connectivity index (χ1) is 15.7. The van der Waals surface area contributed by atoms with Crippen LogP contribution in [0.5, 0.6) is 0 Å². The van der Waals surface area contributed by atoms with Gasteiger partial charge >= 0.3 is 0 Å². The monoisotopic (exact) mass is 489 g/mol. The molecule has 1 aliphatic heterocycles. The Morgan fingerprint density at radius 3 is 2.42 bits per heavy atom. The Balaban J connectivity index is 1.77. The van der Waals surface area contributed by atoms with Gasteiger partial charge in [-0.2, -0.15) is 0 Å². The zero-order chi connectivity index (χ0) is 23.8. The number of nitrogens with one attached hydrogen (secondary N) is 1. The maximum absolute atomic E-state index is 15.5. The van der Waals surface area contributed by atoms with Crippen molar-refractivity contribution in [1.82, 2.24) is 9.97 Å². The summed E-state index contributed by atoms with van der Waals surface area (Å²) in [6.07, 6.45) is 3.34. The second kappa shape index (κ2) is 9.11. The first kappa shape index (κ1) is 23.2. The standard InChI is InChI=1S/C23H18F3N3O2S2/c1-23(2)21(30)17(19(31-23)16-10-11-27-22(28-16)32-3)12-6-4-9-15(18(12)26)29-33-20-13(24)7-5-8-14(20)25/h4-11,29H,1-3H3. The molecular weight excluding hydrogens is 471 g/mol. The molecule has 5 nitrogen and oxygen atoms in total. The number of rotatable bonds is 6. The number of ether oxygens (including phenoxy) is 1. The Morgan fingerprint density at radius 1 is 1.03 bits per heavy atom. The van der Waals surface area contributed by atoms with E-state index in [9.17, 15) is 13.6 Å². The van der Waals surface area contributed by atoms with Crippen LogP contribution in [0.1, 0.15) is 25.1 Å². The van der Waals surface area contributed by atoms with Crippen molar-refractivity contribution in [3.05, 3.63) is 77.4 Å². The van der Waals surface area contributed by atoms with E-state index >= 15 is 4.39 Å². The zero-order valence-corrected chi connectivity index (χ0v) is 19.4. The smallest absolute Gasteiger partial charge is 0.210 e. The second-order valence-corrected chi connectivity index (χ2v) is 9.09. The minimum atomic E-state index is -1.23. The molecule has 4 rings (SSSR count). The van der Waals surface area contributed by atoms with Crippen molar-refractivity contribution in [2.45, 2.75) is 29.5 Å². The Hall–Kier alpha value is -2.98. The number of hydrogen-bond donors (Lipinski definition) is 1. The molecule has 0 amide bonds. The van der Waals surface area contributed by atoms with Crippen molar-refractivity contribution in [3.63, 3.8) is 0 Å². The van der Waals surface area contributed by atoms with Crippen molar-refractivity contribution < 1.29 is 22.7 Å². The summed E-state index contributed by atoms with van der Waals surface area (Å²) in [6, 6.07) is 9.44. The predicted octanol–water partition coefficient (Wildman–Crippen LogP) is 5.98. The van der Waals surface area contributed by atoms with Gasteiger partial charge in [0.15, 0.2) is 22.3 Å². The number of carbonyl (C=O) groups excluding carboxylic acids is 1. The van der Waals surface area contributed by atoms with Crippen LogP contribution in [0.15, 0.2) is 58.7 Å². The van der Waals surface area contributed by atoms with Crippen molar-refractivity contribution >= 4 is 46.5 Å². The van der Waals surface area contributed by atoms with Crippen LogP contribution in [0.2, 0.25) is 0 Å². The van der Waals surface area contributed by atoms with Crippen LogP contribution in [0.3, 0.4) is 0 Å². The van der Waals surface area contributed by atoms with Gasteiger partial charge in [0.2, 0.25) is 5.78 Å². The summed E-state index contributed by atoms with van der Waals surface area (Å²) in [5.74, 6) is -2.58. The second-order valence-electron chi connectivity index (χ2n) is 7.50. The Bertz CT molecular complexity index is 1260. The molecule has 0 unspecified atom stereocenters. The highest BCUT2D eigenvalue weighted by molar-refractivity contribution is 8.00. The summed E-state index contributed by atoms with van der Waals surface area (Å²) >= 11 is 1.92. The SMILES string of the molecule is CSc1nccc(C2=C(c3cccc(NSc4c(F)cccc4F)c3F)C(=O)C(C)(C)O2)n1. The van der Waals surface area contributed by atoms with Crippen LogP contribution in [0.4, 0.5) is 18.9 Å². The van der Waals surface area contributed by atoms with Gasteiger partial charge in [0.1, 0.15) is 17.3 Å². The topological polar surface area (TPSA) is 64.1 Å². The zero-order valence-electron chi connectivity index (χ0n) is 17.8. The minimum Gasteiger partial charge on any atom is -0.477 e. The molecule has 0 spiro atoms. The predicted molar refractivity (Wildman–Crippen MR) is 123 cm³/mol. The molecule has 33 heavy (non-hydrogen) atoms. The van der Waals surface area contributed by atoms with Crippen molar-refractivity contribution in [2.24, 2.45) is 0 Å². The highest BCUT2D eigenvalue weighted by Gasteiger charge is 2.44. The lowest BCUT2D eigenvalue weighted by atomic mass is 9.92. The summed E-state index contributed by atoms with van der Waals surface area (Å²) in [7, 11) is 0. The third-order valence-corrected chi connectivity index (χ3v) is 6.33. The molecule has 3 aromatic rings. The molecule has 1 aromatic heterocycles. The number of carbonyl (C=O) groups is 1. The van der Waals surface area contributed by atoms with Gasteiger partial charge in [0.25, 0.3) is 0 Å². The van der Waals surface area contributed by atoms with E-state index in [0.29, 0.717) is 22.8 Å². The van der Waals surface area contributed by atoms with Crippen molar-refractivity contribution in [2.75, 3.05) is 11.0 Å². The normalized spacial score (nSPS) is 15.0. The van der Waals surface area contributed by atoms with E-state index in [2.05, 4.69) is 14.7 Å². The minimum absolute atomic E-state index is 0.00973. The van der Waals surface area contributed by atoms with Crippen LogP contribution in [0.25, 0.3) is 11.3 Å². The molecule has 0 atom stereocenters. The van der Waals surface area contributed by atoms with Gasteiger partial charge in [-0.25, -0.2) is 23.1 Å². The van der Waals surface area contributed by atoms with E-state index in [1.54, 1.807) is 19.9 Å². The molecular formula is C23H18F3N3O2S2. The van der Waals surface area contributed by atoms with E-state index in [4.69, 9.17) is 4.74 Å². The Labute approximate surface area is 197 Å². The largest absolute Gasteiger partial charge is 0.477 e. The average Bonchev–Trinajstić information content (AvgIpc) is 3.03. The molecule has 1 N–H and O–H groups in total. The van der Waals surface area contributed by atoms with E-state index in [-0.39, 0.29) is 27.5 Å². The average molecular weight is 490 g/mol. The molecule has 0 fully saturated rings. The number of Topliss-reactive ketones (excluding diaryl/α,β-unsaturated/α-hetero) is 1. The van der Waals surface area contributed by atoms with Gasteiger partial charge < -0.3 is 9.46 Å². The summed E-state index contributed by atoms with van der Waals surface area (Å²) < 4.78 is 52.0. The first-order valence-electron chi connectivity index (χ1n) is 9.74. The van der Waals surface area contributed by atoms with E-state index < -0.39 is 28.8 Å². The fourth-order valence-corrected chi connectivity index (χ4v) is 4.29. The van der Waals surface area contributed by atoms with Gasteiger partial charge in [-0.05, 0) is 56.3 Å². The number of benzene rings is 2. The van der Waals surface area contributed by atoms with Crippen LogP contribution in [-0.2, 0) is 9.53 Å². The number of anilines is 1. The Morgan fingerprint density at radius 2 is 1.73 bits per heavy atom. The number of aromatic nitrogens is 2. The lowest BCUT2D eigenvalue weighted by molar-refractivity contribution is -0.125. The van der Waals surface area contributed by atoms with Gasteiger partial charge in [0, 0.05) is 11.8 Å². The molecule has 2 aromatic carbocycles. The van der Waals surface area contributed by atoms with Gasteiger partial charge in [-0.15, -0.1) is 0 Å². The molecule has 0 radical (unpaired) electrons. The van der Waals surface area contributed by atoms with Crippen molar-refractivity contribution in [3.8, 4) is 0 Å².